The number of rotatable bonds is 9. The van der Waals surface area contributed by atoms with Crippen LogP contribution in [0.2, 0.25) is 0 Å². The lowest BCUT2D eigenvalue weighted by Gasteiger charge is -2.36. The van der Waals surface area contributed by atoms with Gasteiger partial charge in [-0.25, -0.2) is 4.39 Å². The van der Waals surface area contributed by atoms with Gasteiger partial charge in [0, 0.05) is 44.3 Å². The topological polar surface area (TPSA) is 42.0 Å². The van der Waals surface area contributed by atoms with E-state index in [0.29, 0.717) is 32.2 Å². The molecular formula is C32H39FN2O3. The molecule has 202 valence electrons. The molecule has 2 fully saturated rings. The fourth-order valence-electron chi connectivity index (χ4n) is 6.29. The summed E-state index contributed by atoms with van der Waals surface area (Å²) in [5.74, 6) is 0.744. The minimum atomic E-state index is -0.322. The first-order chi connectivity index (χ1) is 18.6. The zero-order valence-electron chi connectivity index (χ0n) is 22.5. The fraction of sp³-hybridized carbons (Fsp3) is 0.469. The van der Waals surface area contributed by atoms with Gasteiger partial charge < -0.3 is 19.3 Å². The highest BCUT2D eigenvalue weighted by Gasteiger charge is 2.42. The van der Waals surface area contributed by atoms with Crippen LogP contribution in [0.5, 0.6) is 0 Å². The highest BCUT2D eigenvalue weighted by atomic mass is 19.1. The maximum atomic E-state index is 13.8. The number of benzene rings is 3. The molecule has 0 aromatic heterocycles. The Balaban J connectivity index is 1.30. The van der Waals surface area contributed by atoms with Gasteiger partial charge in [-0.1, -0.05) is 48.5 Å². The Kier molecular flexibility index (Phi) is 8.72. The molecule has 1 amide bonds. The maximum Gasteiger partial charge on any atom is 0.254 e. The van der Waals surface area contributed by atoms with Gasteiger partial charge in [-0.3, -0.25) is 4.79 Å². The van der Waals surface area contributed by atoms with Crippen molar-refractivity contribution in [3.63, 3.8) is 0 Å². The lowest BCUT2D eigenvalue weighted by atomic mass is 9.88. The van der Waals surface area contributed by atoms with Gasteiger partial charge in [0.05, 0.1) is 0 Å². The molecule has 2 aliphatic rings. The molecule has 2 heterocycles. The number of likely N-dealkylation sites (tertiary alicyclic amines) is 2. The molecule has 0 bridgehead atoms. The zero-order chi connectivity index (χ0) is 26.5. The first kappa shape index (κ1) is 26.8. The highest BCUT2D eigenvalue weighted by Crippen LogP contribution is 2.34. The van der Waals surface area contributed by atoms with Gasteiger partial charge in [-0.15, -0.1) is 0 Å². The third kappa shape index (κ3) is 5.93. The van der Waals surface area contributed by atoms with Gasteiger partial charge in [-0.2, -0.15) is 0 Å². The van der Waals surface area contributed by atoms with E-state index in [1.54, 1.807) is 12.1 Å². The SMILES string of the molecule is CCOC(OCC)C1CN(C(=O)c2cccc3ccccc23)CC1CN1CCC(c2ccc(F)cc2)CC1. The van der Waals surface area contributed by atoms with Crippen LogP contribution in [0.15, 0.2) is 66.7 Å². The summed E-state index contributed by atoms with van der Waals surface area (Å²) < 4.78 is 25.5. The number of hydrogen-bond acceptors (Lipinski definition) is 4. The number of carbonyl (C=O) groups excluding carboxylic acids is 1. The van der Waals surface area contributed by atoms with Gasteiger partial charge in [0.1, 0.15) is 5.82 Å². The summed E-state index contributed by atoms with van der Waals surface area (Å²) in [4.78, 5) is 18.3. The molecule has 0 aliphatic carbocycles. The average molecular weight is 519 g/mol. The van der Waals surface area contributed by atoms with E-state index in [1.807, 2.05) is 61.2 Å². The molecule has 5 rings (SSSR count). The number of piperidine rings is 1. The number of halogens is 1. The lowest BCUT2D eigenvalue weighted by molar-refractivity contribution is -0.172. The van der Waals surface area contributed by atoms with Crippen LogP contribution in [0.3, 0.4) is 0 Å². The van der Waals surface area contributed by atoms with Crippen molar-refractivity contribution < 1.29 is 18.7 Å². The van der Waals surface area contributed by atoms with Crippen LogP contribution >= 0.6 is 0 Å². The predicted octanol–water partition coefficient (Wildman–Crippen LogP) is 5.95. The first-order valence-electron chi connectivity index (χ1n) is 14.1. The Labute approximate surface area is 225 Å². The molecule has 5 nitrogen and oxygen atoms in total. The van der Waals surface area contributed by atoms with Crippen LogP contribution in [0, 0.1) is 17.7 Å². The monoisotopic (exact) mass is 518 g/mol. The van der Waals surface area contributed by atoms with Crippen molar-refractivity contribution in [1.29, 1.82) is 0 Å². The van der Waals surface area contributed by atoms with Crippen molar-refractivity contribution >= 4 is 16.7 Å². The van der Waals surface area contributed by atoms with Gasteiger partial charge >= 0.3 is 0 Å². The van der Waals surface area contributed by atoms with E-state index in [4.69, 9.17) is 9.47 Å². The van der Waals surface area contributed by atoms with E-state index in [1.165, 1.54) is 5.56 Å². The summed E-state index contributed by atoms with van der Waals surface area (Å²) in [6.07, 6.45) is 1.79. The first-order valence-corrected chi connectivity index (χ1v) is 14.1. The van der Waals surface area contributed by atoms with E-state index in [0.717, 1.165) is 48.8 Å². The second-order valence-corrected chi connectivity index (χ2v) is 10.6. The van der Waals surface area contributed by atoms with Crippen LogP contribution in [-0.4, -0.2) is 67.9 Å². The quantitative estimate of drug-likeness (QED) is 0.329. The molecule has 0 N–H and O–H groups in total. The van der Waals surface area contributed by atoms with E-state index in [2.05, 4.69) is 17.0 Å². The molecular weight excluding hydrogens is 479 g/mol. The number of hydrogen-bond donors (Lipinski definition) is 0. The van der Waals surface area contributed by atoms with Crippen molar-refractivity contribution in [3.05, 3.63) is 83.7 Å². The second-order valence-electron chi connectivity index (χ2n) is 10.6. The lowest BCUT2D eigenvalue weighted by Crippen LogP contribution is -2.41. The summed E-state index contributed by atoms with van der Waals surface area (Å²) in [5, 5.41) is 2.07. The fourth-order valence-corrected chi connectivity index (χ4v) is 6.29. The smallest absolute Gasteiger partial charge is 0.254 e. The number of nitrogens with zero attached hydrogens (tertiary/aromatic N) is 2. The van der Waals surface area contributed by atoms with Crippen LogP contribution in [0.1, 0.15) is 48.5 Å². The van der Waals surface area contributed by atoms with E-state index in [-0.39, 0.29) is 29.9 Å². The van der Waals surface area contributed by atoms with Gasteiger partial charge in [0.15, 0.2) is 6.29 Å². The summed E-state index contributed by atoms with van der Waals surface area (Å²) in [5.41, 5.74) is 1.98. The zero-order valence-corrected chi connectivity index (χ0v) is 22.5. The van der Waals surface area contributed by atoms with Crippen LogP contribution in [0.25, 0.3) is 10.8 Å². The van der Waals surface area contributed by atoms with Crippen molar-refractivity contribution in [2.24, 2.45) is 11.8 Å². The molecule has 2 aliphatic heterocycles. The Morgan fingerprint density at radius 2 is 1.61 bits per heavy atom. The minimum Gasteiger partial charge on any atom is -0.353 e. The molecule has 0 radical (unpaired) electrons. The molecule has 0 spiro atoms. The number of fused-ring (bicyclic) bond motifs is 1. The average Bonchev–Trinajstić information content (AvgIpc) is 3.36. The van der Waals surface area contributed by atoms with Crippen molar-refractivity contribution in [1.82, 2.24) is 9.80 Å². The highest BCUT2D eigenvalue weighted by molar-refractivity contribution is 6.07. The van der Waals surface area contributed by atoms with Gasteiger partial charge in [0.2, 0.25) is 0 Å². The normalized spacial score (nSPS) is 21.0. The summed E-state index contributed by atoms with van der Waals surface area (Å²) in [7, 11) is 0. The van der Waals surface area contributed by atoms with E-state index in [9.17, 15) is 9.18 Å². The molecule has 2 unspecified atom stereocenters. The van der Waals surface area contributed by atoms with Crippen LogP contribution in [0.4, 0.5) is 4.39 Å². The summed E-state index contributed by atoms with van der Waals surface area (Å²) in [6.45, 7) is 9.38. The van der Waals surface area contributed by atoms with Crippen LogP contribution in [-0.2, 0) is 9.47 Å². The number of carbonyl (C=O) groups is 1. The molecule has 38 heavy (non-hydrogen) atoms. The second kappa shape index (κ2) is 12.4. The Bertz CT molecular complexity index is 1200. The van der Waals surface area contributed by atoms with Crippen molar-refractivity contribution in [3.8, 4) is 0 Å². The predicted molar refractivity (Wildman–Crippen MR) is 149 cm³/mol. The van der Waals surface area contributed by atoms with Gasteiger partial charge in [0.25, 0.3) is 5.91 Å². The molecule has 3 aromatic rings. The standard InChI is InChI=1S/C32H39FN2O3/c1-3-37-32(38-4-2)30-22-35(31(36)29-11-7-9-25-8-5-6-10-28(25)29)21-26(30)20-34-18-16-24(17-19-34)23-12-14-27(33)15-13-23/h5-15,24,26,30,32H,3-4,16-22H2,1-2H3. The van der Waals surface area contributed by atoms with Crippen molar-refractivity contribution in [2.45, 2.75) is 38.9 Å². The van der Waals surface area contributed by atoms with E-state index >= 15 is 0 Å². The molecule has 6 heteroatoms. The largest absolute Gasteiger partial charge is 0.353 e. The molecule has 2 saturated heterocycles. The summed E-state index contributed by atoms with van der Waals surface area (Å²) in [6, 6.07) is 21.0. The van der Waals surface area contributed by atoms with E-state index < -0.39 is 0 Å². The number of amides is 1. The molecule has 3 aromatic carbocycles. The third-order valence-electron chi connectivity index (χ3n) is 8.23. The Morgan fingerprint density at radius 3 is 2.32 bits per heavy atom. The molecule has 2 atom stereocenters. The van der Waals surface area contributed by atoms with Crippen molar-refractivity contribution in [2.75, 3.05) is 45.9 Å². The Morgan fingerprint density at radius 1 is 0.921 bits per heavy atom. The minimum absolute atomic E-state index is 0.0797. The summed E-state index contributed by atoms with van der Waals surface area (Å²) >= 11 is 0. The van der Waals surface area contributed by atoms with Gasteiger partial charge in [-0.05, 0) is 86.1 Å². The molecule has 0 saturated carbocycles. The maximum absolute atomic E-state index is 13.8. The van der Waals surface area contributed by atoms with Crippen LogP contribution < -0.4 is 0 Å². The Hall–Kier alpha value is -2.80. The number of ether oxygens (including phenoxy) is 2. The third-order valence-corrected chi connectivity index (χ3v) is 8.23.